The maximum absolute atomic E-state index is 11.9. The molecule has 0 saturated heterocycles. The summed E-state index contributed by atoms with van der Waals surface area (Å²) in [6.07, 6.45) is 0.319. The third-order valence-electron chi connectivity index (χ3n) is 1.99. The van der Waals surface area contributed by atoms with Crippen LogP contribution in [0.1, 0.15) is 12.0 Å². The molecule has 0 aliphatic carbocycles. The highest BCUT2D eigenvalue weighted by atomic mass is 32.2. The molecule has 0 radical (unpaired) electrons. The summed E-state index contributed by atoms with van der Waals surface area (Å²) in [4.78, 5) is 0.624. The normalized spacial score (nSPS) is 12.7. The number of hydrogen-bond donors (Lipinski definition) is 1. The van der Waals surface area contributed by atoms with Crippen LogP contribution < -0.4 is 5.73 Å². The molecule has 0 saturated carbocycles. The number of para-hydroxylation sites is 1. The Morgan fingerprint density at radius 2 is 2.21 bits per heavy atom. The van der Waals surface area contributed by atoms with Crippen molar-refractivity contribution in [2.75, 3.05) is 18.2 Å². The van der Waals surface area contributed by atoms with Crippen LogP contribution in [0.25, 0.3) is 0 Å². The van der Waals surface area contributed by atoms with Crippen molar-refractivity contribution in [3.63, 3.8) is 0 Å². The molecule has 0 aromatic heterocycles. The molecule has 0 aliphatic rings. The molecule has 2 N–H and O–H groups in total. The van der Waals surface area contributed by atoms with Crippen LogP contribution in [0.3, 0.4) is 0 Å². The summed E-state index contributed by atoms with van der Waals surface area (Å²) in [6, 6.07) is 5.41. The van der Waals surface area contributed by atoms with E-state index in [1.54, 1.807) is 6.07 Å². The van der Waals surface area contributed by atoms with E-state index in [1.165, 1.54) is 0 Å². The Kier molecular flexibility index (Phi) is 4.07. The van der Waals surface area contributed by atoms with Gasteiger partial charge in [-0.2, -0.15) is 0 Å². The van der Waals surface area contributed by atoms with E-state index in [9.17, 15) is 8.60 Å². The summed E-state index contributed by atoms with van der Waals surface area (Å²) in [5.74, 6) is 0.337. The average molecular weight is 215 g/mol. The van der Waals surface area contributed by atoms with Crippen molar-refractivity contribution in [2.24, 2.45) is 0 Å². The van der Waals surface area contributed by atoms with Gasteiger partial charge in [0.25, 0.3) is 0 Å². The second kappa shape index (κ2) is 5.10. The van der Waals surface area contributed by atoms with Gasteiger partial charge in [-0.25, -0.2) is 0 Å². The van der Waals surface area contributed by atoms with E-state index in [1.807, 2.05) is 19.1 Å². The number of alkyl halides is 1. The van der Waals surface area contributed by atoms with Crippen LogP contribution in [-0.4, -0.2) is 16.6 Å². The first-order valence-electron chi connectivity index (χ1n) is 4.46. The van der Waals surface area contributed by atoms with Crippen molar-refractivity contribution >= 4 is 16.5 Å². The standard InChI is InChI=1S/C10H14FNOS/c1-8-4-2-5-9(10(8)12)14(13)7-3-6-11/h2,4-5H,3,6-7,12H2,1H3. The minimum Gasteiger partial charge on any atom is -0.398 e. The quantitative estimate of drug-likeness (QED) is 0.781. The lowest BCUT2D eigenvalue weighted by Gasteiger charge is -2.06. The molecule has 1 aromatic rings. The van der Waals surface area contributed by atoms with Crippen LogP contribution in [-0.2, 0) is 10.8 Å². The summed E-state index contributed by atoms with van der Waals surface area (Å²) >= 11 is 0. The van der Waals surface area contributed by atoms with Gasteiger partial charge in [0.2, 0.25) is 0 Å². The zero-order valence-corrected chi connectivity index (χ0v) is 8.94. The lowest BCUT2D eigenvalue weighted by atomic mass is 10.2. The molecule has 0 fully saturated rings. The lowest BCUT2D eigenvalue weighted by Crippen LogP contribution is -2.04. The first-order chi connectivity index (χ1) is 6.66. The monoisotopic (exact) mass is 215 g/mol. The van der Waals surface area contributed by atoms with Crippen LogP contribution in [0.4, 0.5) is 10.1 Å². The molecule has 0 aliphatic heterocycles. The molecule has 1 atom stereocenters. The molecule has 1 unspecified atom stereocenters. The van der Waals surface area contributed by atoms with Crippen molar-refractivity contribution < 1.29 is 8.60 Å². The van der Waals surface area contributed by atoms with Crippen molar-refractivity contribution in [1.29, 1.82) is 0 Å². The van der Waals surface area contributed by atoms with E-state index >= 15 is 0 Å². The number of anilines is 1. The summed E-state index contributed by atoms with van der Waals surface area (Å²) in [6.45, 7) is 1.43. The first kappa shape index (κ1) is 11.2. The van der Waals surface area contributed by atoms with Gasteiger partial charge < -0.3 is 5.73 Å². The first-order valence-corrected chi connectivity index (χ1v) is 5.78. The molecule has 14 heavy (non-hydrogen) atoms. The predicted octanol–water partition coefficient (Wildman–Crippen LogP) is 2.04. The van der Waals surface area contributed by atoms with Crippen LogP contribution in [0, 0.1) is 6.92 Å². The molecule has 4 heteroatoms. The minimum atomic E-state index is -1.17. The fourth-order valence-corrected chi connectivity index (χ4v) is 2.38. The molecule has 2 nitrogen and oxygen atoms in total. The van der Waals surface area contributed by atoms with E-state index in [-0.39, 0.29) is 0 Å². The van der Waals surface area contributed by atoms with E-state index < -0.39 is 17.5 Å². The number of nitrogens with two attached hydrogens (primary N) is 1. The second-order valence-corrected chi connectivity index (χ2v) is 4.62. The Labute approximate surface area is 85.8 Å². The maximum Gasteiger partial charge on any atom is 0.0903 e. The Hall–Kier alpha value is -0.900. The van der Waals surface area contributed by atoms with Gasteiger partial charge in [0.15, 0.2) is 0 Å². The summed E-state index contributed by atoms with van der Waals surface area (Å²) in [5.41, 5.74) is 7.24. The molecule has 1 aromatic carbocycles. The fraction of sp³-hybridized carbons (Fsp3) is 0.400. The van der Waals surface area contributed by atoms with Gasteiger partial charge in [-0.1, -0.05) is 12.1 Å². The van der Waals surface area contributed by atoms with Crippen molar-refractivity contribution in [2.45, 2.75) is 18.2 Å². The predicted molar refractivity (Wildman–Crippen MR) is 57.5 cm³/mol. The Balaban J connectivity index is 2.84. The number of benzene rings is 1. The number of nitrogen functional groups attached to an aromatic ring is 1. The molecule has 0 spiro atoms. The van der Waals surface area contributed by atoms with Gasteiger partial charge in [0.1, 0.15) is 0 Å². The highest BCUT2D eigenvalue weighted by molar-refractivity contribution is 7.85. The van der Waals surface area contributed by atoms with Crippen LogP contribution >= 0.6 is 0 Å². The van der Waals surface area contributed by atoms with Crippen molar-refractivity contribution in [3.05, 3.63) is 23.8 Å². The van der Waals surface area contributed by atoms with E-state index in [0.29, 0.717) is 22.8 Å². The van der Waals surface area contributed by atoms with Crippen molar-refractivity contribution in [3.8, 4) is 0 Å². The van der Waals surface area contributed by atoms with E-state index in [0.717, 1.165) is 5.56 Å². The number of aryl methyl sites for hydroxylation is 1. The molecular weight excluding hydrogens is 201 g/mol. The third-order valence-corrected chi connectivity index (χ3v) is 3.50. The number of rotatable bonds is 4. The van der Waals surface area contributed by atoms with Gasteiger partial charge in [-0.3, -0.25) is 8.60 Å². The average Bonchev–Trinajstić information content (AvgIpc) is 2.18. The van der Waals surface area contributed by atoms with Crippen LogP contribution in [0.5, 0.6) is 0 Å². The smallest absolute Gasteiger partial charge is 0.0903 e. The number of halogens is 1. The van der Waals surface area contributed by atoms with Gasteiger partial charge in [0.05, 0.1) is 28.1 Å². The highest BCUT2D eigenvalue weighted by Gasteiger charge is 2.08. The zero-order chi connectivity index (χ0) is 10.6. The molecule has 1 rings (SSSR count). The molecule has 0 bridgehead atoms. The fourth-order valence-electron chi connectivity index (χ4n) is 1.15. The summed E-state index contributed by atoms with van der Waals surface area (Å²) in [7, 11) is -1.17. The highest BCUT2D eigenvalue weighted by Crippen LogP contribution is 2.20. The van der Waals surface area contributed by atoms with Gasteiger partial charge in [-0.15, -0.1) is 0 Å². The lowest BCUT2D eigenvalue weighted by molar-refractivity contribution is 0.488. The second-order valence-electron chi connectivity index (χ2n) is 3.08. The van der Waals surface area contributed by atoms with Gasteiger partial charge in [0, 0.05) is 5.75 Å². The number of hydrogen-bond acceptors (Lipinski definition) is 2. The Morgan fingerprint density at radius 3 is 2.86 bits per heavy atom. The SMILES string of the molecule is Cc1cccc(S(=O)CCCF)c1N. The van der Waals surface area contributed by atoms with Crippen LogP contribution in [0.15, 0.2) is 23.1 Å². The summed E-state index contributed by atoms with van der Waals surface area (Å²) in [5, 5.41) is 0. The van der Waals surface area contributed by atoms with Crippen molar-refractivity contribution in [1.82, 2.24) is 0 Å². The molecule has 0 amide bonds. The summed E-state index contributed by atoms with van der Waals surface area (Å²) < 4.78 is 23.5. The largest absolute Gasteiger partial charge is 0.398 e. The van der Waals surface area contributed by atoms with E-state index in [2.05, 4.69) is 0 Å². The van der Waals surface area contributed by atoms with E-state index in [4.69, 9.17) is 5.73 Å². The topological polar surface area (TPSA) is 43.1 Å². The molecule has 0 heterocycles. The van der Waals surface area contributed by atoms with Gasteiger partial charge >= 0.3 is 0 Å². The maximum atomic E-state index is 11.9. The Bertz CT molecular complexity index is 341. The molecular formula is C10H14FNOS. The van der Waals surface area contributed by atoms with Crippen LogP contribution in [0.2, 0.25) is 0 Å². The molecule has 78 valence electrons. The minimum absolute atomic E-state index is 0.319. The third kappa shape index (κ3) is 2.54. The zero-order valence-electron chi connectivity index (χ0n) is 8.13. The van der Waals surface area contributed by atoms with Gasteiger partial charge in [-0.05, 0) is 25.0 Å². The Morgan fingerprint density at radius 1 is 1.50 bits per heavy atom.